The van der Waals surface area contributed by atoms with Crippen molar-refractivity contribution in [3.63, 3.8) is 0 Å². The van der Waals surface area contributed by atoms with E-state index in [0.717, 1.165) is 6.07 Å². The van der Waals surface area contributed by atoms with Crippen molar-refractivity contribution in [3.05, 3.63) is 46.5 Å². The fourth-order valence-electron chi connectivity index (χ4n) is 2.46. The van der Waals surface area contributed by atoms with E-state index in [-0.39, 0.29) is 11.1 Å². The van der Waals surface area contributed by atoms with Crippen LogP contribution in [0.5, 0.6) is 0 Å². The first-order chi connectivity index (χ1) is 8.39. The van der Waals surface area contributed by atoms with Gasteiger partial charge in [0, 0.05) is 5.56 Å². The van der Waals surface area contributed by atoms with Crippen molar-refractivity contribution < 1.29 is 27.8 Å². The minimum atomic E-state index is -4.46. The Bertz CT molecular complexity index is 574. The molecular formula is C12H7F3O3. The molecular weight excluding hydrogens is 249 g/mol. The van der Waals surface area contributed by atoms with Crippen LogP contribution >= 0.6 is 0 Å². The van der Waals surface area contributed by atoms with Gasteiger partial charge in [0.25, 0.3) is 0 Å². The summed E-state index contributed by atoms with van der Waals surface area (Å²) in [7, 11) is 0. The summed E-state index contributed by atoms with van der Waals surface area (Å²) in [4.78, 5) is 10.9. The summed E-state index contributed by atoms with van der Waals surface area (Å²) in [5.74, 6) is -1.16. The number of carbonyl (C=O) groups is 1. The molecule has 3 rings (SSSR count). The molecule has 1 aromatic carbocycles. The van der Waals surface area contributed by atoms with Gasteiger partial charge in [-0.05, 0) is 17.7 Å². The van der Waals surface area contributed by atoms with Gasteiger partial charge in [0.05, 0.1) is 11.1 Å². The number of halogens is 3. The fourth-order valence-corrected chi connectivity index (χ4v) is 2.46. The number of ether oxygens (including phenoxy) is 1. The number of aliphatic carboxylic acids is 1. The lowest BCUT2D eigenvalue weighted by Crippen LogP contribution is -2.14. The van der Waals surface area contributed by atoms with Gasteiger partial charge in [-0.2, -0.15) is 13.2 Å². The maximum absolute atomic E-state index is 12.8. The van der Waals surface area contributed by atoms with Gasteiger partial charge in [0.2, 0.25) is 0 Å². The number of alkyl halides is 3. The SMILES string of the molecule is O=C(O)C1=C[C@H]2O[C@@H]1c1cccc(C(F)(F)F)c12. The number of hydrogen-bond acceptors (Lipinski definition) is 2. The third-order valence-corrected chi connectivity index (χ3v) is 3.16. The molecule has 2 bridgehead atoms. The molecule has 0 saturated heterocycles. The lowest BCUT2D eigenvalue weighted by molar-refractivity contribution is -0.139. The van der Waals surface area contributed by atoms with Crippen molar-refractivity contribution in [2.75, 3.05) is 0 Å². The van der Waals surface area contributed by atoms with Crippen LogP contribution in [-0.4, -0.2) is 11.1 Å². The molecule has 1 aromatic rings. The highest BCUT2D eigenvalue weighted by Gasteiger charge is 2.47. The average Bonchev–Trinajstić information content (AvgIpc) is 2.85. The van der Waals surface area contributed by atoms with Crippen LogP contribution in [0.2, 0.25) is 0 Å². The number of rotatable bonds is 1. The molecule has 0 amide bonds. The molecule has 2 aliphatic rings. The van der Waals surface area contributed by atoms with Crippen molar-refractivity contribution in [1.29, 1.82) is 0 Å². The van der Waals surface area contributed by atoms with E-state index in [0.29, 0.717) is 5.56 Å². The molecule has 94 valence electrons. The van der Waals surface area contributed by atoms with E-state index >= 15 is 0 Å². The predicted octanol–water partition coefficient (Wildman–Crippen LogP) is 2.84. The first-order valence-electron chi connectivity index (χ1n) is 5.20. The lowest BCUT2D eigenvalue weighted by atomic mass is 9.88. The van der Waals surface area contributed by atoms with Gasteiger partial charge >= 0.3 is 12.1 Å². The van der Waals surface area contributed by atoms with E-state index in [1.165, 1.54) is 18.2 Å². The molecule has 0 saturated carbocycles. The second kappa shape index (κ2) is 3.35. The van der Waals surface area contributed by atoms with Crippen LogP contribution in [0.25, 0.3) is 0 Å². The van der Waals surface area contributed by atoms with Crippen molar-refractivity contribution in [2.24, 2.45) is 0 Å². The molecule has 2 heterocycles. The molecule has 2 aliphatic heterocycles. The molecule has 3 nitrogen and oxygen atoms in total. The Morgan fingerprint density at radius 1 is 1.33 bits per heavy atom. The van der Waals surface area contributed by atoms with E-state index in [2.05, 4.69) is 0 Å². The Balaban J connectivity index is 2.15. The molecule has 6 heteroatoms. The van der Waals surface area contributed by atoms with Crippen molar-refractivity contribution in [1.82, 2.24) is 0 Å². The number of carboxylic acids is 1. The Kier molecular flexibility index (Phi) is 2.10. The highest BCUT2D eigenvalue weighted by molar-refractivity contribution is 5.90. The quantitative estimate of drug-likeness (QED) is 0.840. The Morgan fingerprint density at radius 3 is 2.67 bits per heavy atom. The van der Waals surface area contributed by atoms with Crippen molar-refractivity contribution >= 4 is 5.97 Å². The van der Waals surface area contributed by atoms with Gasteiger partial charge in [-0.1, -0.05) is 12.1 Å². The number of fused-ring (bicyclic) bond motifs is 5. The zero-order valence-electron chi connectivity index (χ0n) is 8.86. The lowest BCUT2D eigenvalue weighted by Gasteiger charge is -2.16. The number of hydrogen-bond donors (Lipinski definition) is 1. The molecule has 0 unspecified atom stereocenters. The van der Waals surface area contributed by atoms with Gasteiger partial charge in [-0.25, -0.2) is 4.79 Å². The van der Waals surface area contributed by atoms with Gasteiger partial charge in [-0.15, -0.1) is 0 Å². The van der Waals surface area contributed by atoms with Gasteiger partial charge in [0.1, 0.15) is 12.2 Å². The van der Waals surface area contributed by atoms with Crippen molar-refractivity contribution in [2.45, 2.75) is 18.4 Å². The number of carboxylic acid groups (broad SMARTS) is 1. The summed E-state index contributed by atoms with van der Waals surface area (Å²) in [6.45, 7) is 0. The van der Waals surface area contributed by atoms with E-state index in [4.69, 9.17) is 9.84 Å². The zero-order chi connectivity index (χ0) is 13.1. The third-order valence-electron chi connectivity index (χ3n) is 3.16. The van der Waals surface area contributed by atoms with Crippen molar-refractivity contribution in [3.8, 4) is 0 Å². The largest absolute Gasteiger partial charge is 0.478 e. The minimum absolute atomic E-state index is 0.00632. The zero-order valence-corrected chi connectivity index (χ0v) is 8.86. The predicted molar refractivity (Wildman–Crippen MR) is 53.7 cm³/mol. The molecule has 0 aliphatic carbocycles. The Labute approximate surface area is 99.5 Å². The topological polar surface area (TPSA) is 46.5 Å². The molecule has 0 spiro atoms. The maximum Gasteiger partial charge on any atom is 0.416 e. The molecule has 0 aromatic heterocycles. The van der Waals surface area contributed by atoms with Crippen LogP contribution in [-0.2, 0) is 15.7 Å². The van der Waals surface area contributed by atoms with E-state index in [9.17, 15) is 18.0 Å². The molecule has 0 radical (unpaired) electrons. The second-order valence-electron chi connectivity index (χ2n) is 4.17. The van der Waals surface area contributed by atoms with Crippen LogP contribution < -0.4 is 0 Å². The first kappa shape index (κ1) is 11.3. The van der Waals surface area contributed by atoms with E-state index in [1.807, 2.05) is 0 Å². The summed E-state index contributed by atoms with van der Waals surface area (Å²) in [6.07, 6.45) is -5.01. The average molecular weight is 256 g/mol. The fraction of sp³-hybridized carbons (Fsp3) is 0.250. The Hall–Kier alpha value is -1.82. The smallest absolute Gasteiger partial charge is 0.416 e. The second-order valence-corrected chi connectivity index (χ2v) is 4.17. The summed E-state index contributed by atoms with van der Waals surface area (Å²) in [5.41, 5.74) is -0.408. The summed E-state index contributed by atoms with van der Waals surface area (Å²) in [6, 6.07) is 3.73. The van der Waals surface area contributed by atoms with Crippen LogP contribution in [0.3, 0.4) is 0 Å². The monoisotopic (exact) mass is 256 g/mol. The van der Waals surface area contributed by atoms with Crippen LogP contribution in [0, 0.1) is 0 Å². The van der Waals surface area contributed by atoms with Crippen LogP contribution in [0.4, 0.5) is 13.2 Å². The molecule has 1 N–H and O–H groups in total. The molecule has 0 fully saturated rings. The summed E-state index contributed by atoms with van der Waals surface area (Å²) >= 11 is 0. The van der Waals surface area contributed by atoms with E-state index < -0.39 is 29.9 Å². The minimum Gasteiger partial charge on any atom is -0.478 e. The van der Waals surface area contributed by atoms with Gasteiger partial charge < -0.3 is 9.84 Å². The first-order valence-corrected chi connectivity index (χ1v) is 5.20. The van der Waals surface area contributed by atoms with Crippen LogP contribution in [0.1, 0.15) is 28.9 Å². The molecule has 2 atom stereocenters. The Morgan fingerprint density at radius 2 is 2.06 bits per heavy atom. The maximum atomic E-state index is 12.8. The summed E-state index contributed by atoms with van der Waals surface area (Å²) in [5, 5.41) is 8.92. The van der Waals surface area contributed by atoms with E-state index in [1.54, 1.807) is 0 Å². The normalized spacial score (nSPS) is 24.9. The highest BCUT2D eigenvalue weighted by Crippen LogP contribution is 2.53. The highest BCUT2D eigenvalue weighted by atomic mass is 19.4. The third kappa shape index (κ3) is 1.38. The number of benzene rings is 1. The van der Waals surface area contributed by atoms with Gasteiger partial charge in [0.15, 0.2) is 0 Å². The standard InChI is InChI=1S/C12H7F3O3/c13-12(14,15)7-3-1-2-5-9(7)8-4-6(11(16)17)10(5)18-8/h1-4,8,10H,(H,16,17)/t8-,10-/m1/s1. The van der Waals surface area contributed by atoms with Crippen LogP contribution in [0.15, 0.2) is 29.8 Å². The molecule has 18 heavy (non-hydrogen) atoms. The summed E-state index contributed by atoms with van der Waals surface area (Å²) < 4.78 is 43.8. The van der Waals surface area contributed by atoms with Gasteiger partial charge in [-0.3, -0.25) is 0 Å².